The number of carbonyl (C=O) groups excluding carboxylic acids is 1. The molecular formula is C35H24BrFN4O3S. The SMILES string of the molecule is CC1=C(C(=O)Nc2ccccc2)[C@H](c2ccc(F)cc2)n2c(s/c(=C/c3ccc(OCc4ccccc4C#N)c(Br)c3)c2=O)=N1. The third-order valence-electron chi connectivity index (χ3n) is 7.26. The van der Waals surface area contributed by atoms with Crippen molar-refractivity contribution in [3.05, 3.63) is 161 Å². The Bertz CT molecular complexity index is 2190. The molecule has 0 unspecified atom stereocenters. The fourth-order valence-electron chi connectivity index (χ4n) is 5.08. The molecule has 1 aromatic heterocycles. The minimum Gasteiger partial charge on any atom is -0.488 e. The summed E-state index contributed by atoms with van der Waals surface area (Å²) in [7, 11) is 0. The zero-order chi connectivity index (χ0) is 31.5. The number of para-hydroxylation sites is 1. The van der Waals surface area contributed by atoms with Gasteiger partial charge >= 0.3 is 0 Å². The third kappa shape index (κ3) is 6.27. The summed E-state index contributed by atoms with van der Waals surface area (Å²) in [5, 5.41) is 12.3. The van der Waals surface area contributed by atoms with Gasteiger partial charge in [0, 0.05) is 11.3 Å². The van der Waals surface area contributed by atoms with Crippen molar-refractivity contribution in [1.29, 1.82) is 5.26 Å². The molecule has 1 aliphatic rings. The predicted octanol–water partition coefficient (Wildman–Crippen LogP) is 6.23. The minimum atomic E-state index is -0.813. The van der Waals surface area contributed by atoms with E-state index >= 15 is 0 Å². The van der Waals surface area contributed by atoms with Gasteiger partial charge in [-0.15, -0.1) is 0 Å². The highest BCUT2D eigenvalue weighted by Crippen LogP contribution is 2.31. The summed E-state index contributed by atoms with van der Waals surface area (Å²) in [6, 6.07) is 28.9. The van der Waals surface area contributed by atoms with Crippen LogP contribution in [0.1, 0.15) is 35.2 Å². The molecule has 1 atom stereocenters. The van der Waals surface area contributed by atoms with E-state index in [2.05, 4.69) is 32.3 Å². The number of ether oxygens (including phenoxy) is 1. The van der Waals surface area contributed by atoms with Crippen LogP contribution in [0.2, 0.25) is 0 Å². The van der Waals surface area contributed by atoms with Crippen molar-refractivity contribution in [1.82, 2.24) is 4.57 Å². The lowest BCUT2D eigenvalue weighted by molar-refractivity contribution is -0.113. The molecular weight excluding hydrogens is 655 g/mol. The average Bonchev–Trinajstić information content (AvgIpc) is 3.34. The number of thiazole rings is 1. The number of rotatable bonds is 7. The Labute approximate surface area is 270 Å². The molecule has 0 radical (unpaired) electrons. The Kier molecular flexibility index (Phi) is 8.56. The number of nitrogens with zero attached hydrogens (tertiary/aromatic N) is 3. The highest BCUT2D eigenvalue weighted by Gasteiger charge is 2.32. The van der Waals surface area contributed by atoms with E-state index in [1.807, 2.05) is 42.5 Å². The van der Waals surface area contributed by atoms with Crippen LogP contribution in [-0.2, 0) is 11.4 Å². The highest BCUT2D eigenvalue weighted by molar-refractivity contribution is 9.10. The molecule has 0 bridgehead atoms. The van der Waals surface area contributed by atoms with E-state index in [9.17, 15) is 19.2 Å². The van der Waals surface area contributed by atoms with Crippen LogP contribution < -0.4 is 24.9 Å². The van der Waals surface area contributed by atoms with Crippen LogP contribution in [0.15, 0.2) is 123 Å². The lowest BCUT2D eigenvalue weighted by atomic mass is 9.95. The molecule has 4 aromatic carbocycles. The van der Waals surface area contributed by atoms with Crippen LogP contribution in [0.3, 0.4) is 0 Å². The molecule has 1 N–H and O–H groups in total. The molecule has 45 heavy (non-hydrogen) atoms. The van der Waals surface area contributed by atoms with Crippen LogP contribution in [0, 0.1) is 17.1 Å². The molecule has 0 aliphatic carbocycles. The molecule has 222 valence electrons. The van der Waals surface area contributed by atoms with Gasteiger partial charge in [0.05, 0.1) is 37.9 Å². The maximum atomic E-state index is 14.0. The van der Waals surface area contributed by atoms with Gasteiger partial charge < -0.3 is 10.1 Å². The number of fused-ring (bicyclic) bond motifs is 1. The van der Waals surface area contributed by atoms with Crippen molar-refractivity contribution < 1.29 is 13.9 Å². The van der Waals surface area contributed by atoms with Gasteiger partial charge in [-0.2, -0.15) is 5.26 Å². The second-order valence-electron chi connectivity index (χ2n) is 10.2. The highest BCUT2D eigenvalue weighted by atomic mass is 79.9. The first-order valence-corrected chi connectivity index (χ1v) is 15.5. The lowest BCUT2D eigenvalue weighted by Gasteiger charge is -2.25. The fraction of sp³-hybridized carbons (Fsp3) is 0.0857. The topological polar surface area (TPSA) is 96.5 Å². The smallest absolute Gasteiger partial charge is 0.271 e. The first kappa shape index (κ1) is 29.9. The van der Waals surface area contributed by atoms with Crippen LogP contribution in [-0.4, -0.2) is 10.5 Å². The van der Waals surface area contributed by atoms with E-state index in [-0.39, 0.29) is 12.2 Å². The lowest BCUT2D eigenvalue weighted by Crippen LogP contribution is -2.40. The van der Waals surface area contributed by atoms with Crippen molar-refractivity contribution >= 4 is 44.9 Å². The number of carbonyl (C=O) groups is 1. The second-order valence-corrected chi connectivity index (χ2v) is 12.1. The second kappa shape index (κ2) is 12.9. The largest absolute Gasteiger partial charge is 0.488 e. The number of hydrogen-bond donors (Lipinski definition) is 1. The van der Waals surface area contributed by atoms with E-state index in [4.69, 9.17) is 4.74 Å². The van der Waals surface area contributed by atoms with Crippen LogP contribution in [0.4, 0.5) is 10.1 Å². The number of allylic oxidation sites excluding steroid dienone is 1. The van der Waals surface area contributed by atoms with Crippen molar-refractivity contribution in [2.45, 2.75) is 19.6 Å². The first-order valence-electron chi connectivity index (χ1n) is 13.9. The molecule has 0 saturated carbocycles. The maximum absolute atomic E-state index is 14.0. The number of nitriles is 1. The van der Waals surface area contributed by atoms with Gasteiger partial charge in [0.25, 0.3) is 11.5 Å². The van der Waals surface area contributed by atoms with E-state index in [0.29, 0.717) is 47.6 Å². The number of amides is 1. The average molecular weight is 680 g/mol. The van der Waals surface area contributed by atoms with Crippen LogP contribution >= 0.6 is 27.3 Å². The molecule has 6 rings (SSSR count). The monoisotopic (exact) mass is 678 g/mol. The van der Waals surface area contributed by atoms with Gasteiger partial charge in [-0.25, -0.2) is 9.38 Å². The molecule has 7 nitrogen and oxygen atoms in total. The van der Waals surface area contributed by atoms with Crippen molar-refractivity contribution in [3.63, 3.8) is 0 Å². The molecule has 1 amide bonds. The minimum absolute atomic E-state index is 0.225. The Balaban J connectivity index is 1.36. The standard InChI is InChI=1S/C35H24BrFN4O3S/c1-21-31(33(42)40-27-9-3-2-4-10-27)32(23-12-14-26(37)15-13-23)41-34(43)30(45-35(41)39-21)18-22-11-16-29(28(36)17-22)44-20-25-8-6-5-7-24(25)19-38/h2-18,32H,20H2,1H3,(H,40,42)/b30-18+/t32-/m0/s1. The summed E-state index contributed by atoms with van der Waals surface area (Å²) in [5.74, 6) is -0.236. The van der Waals surface area contributed by atoms with E-state index in [1.54, 1.807) is 55.5 Å². The zero-order valence-corrected chi connectivity index (χ0v) is 26.2. The molecule has 0 saturated heterocycles. The Morgan fingerprint density at radius 1 is 1.09 bits per heavy atom. The summed E-state index contributed by atoms with van der Waals surface area (Å²) in [5.41, 5.74) is 3.70. The normalized spacial score (nSPS) is 14.4. The van der Waals surface area contributed by atoms with Crippen LogP contribution in [0.5, 0.6) is 5.75 Å². The molecule has 1 aliphatic heterocycles. The van der Waals surface area contributed by atoms with E-state index < -0.39 is 17.8 Å². The molecule has 2 heterocycles. The number of aromatic nitrogens is 1. The van der Waals surface area contributed by atoms with E-state index in [1.165, 1.54) is 28.0 Å². The quantitative estimate of drug-likeness (QED) is 0.221. The Hall–Kier alpha value is -5.11. The van der Waals surface area contributed by atoms with Gasteiger partial charge in [-0.05, 0) is 82.5 Å². The molecule has 10 heteroatoms. The molecule has 5 aromatic rings. The van der Waals surface area contributed by atoms with Crippen molar-refractivity contribution in [2.75, 3.05) is 5.32 Å². The van der Waals surface area contributed by atoms with Crippen LogP contribution in [0.25, 0.3) is 6.08 Å². The summed E-state index contributed by atoms with van der Waals surface area (Å²) >= 11 is 4.77. The zero-order valence-electron chi connectivity index (χ0n) is 23.8. The third-order valence-corrected chi connectivity index (χ3v) is 8.86. The first-order chi connectivity index (χ1) is 21.8. The fourth-order valence-corrected chi connectivity index (χ4v) is 6.64. The summed E-state index contributed by atoms with van der Waals surface area (Å²) in [6.07, 6.45) is 1.76. The van der Waals surface area contributed by atoms with Gasteiger partial charge in [0.1, 0.15) is 18.2 Å². The van der Waals surface area contributed by atoms with E-state index in [0.717, 1.165) is 11.1 Å². The summed E-state index contributed by atoms with van der Waals surface area (Å²) in [4.78, 5) is 32.7. The Morgan fingerprint density at radius 2 is 1.82 bits per heavy atom. The number of benzene rings is 4. The van der Waals surface area contributed by atoms with Gasteiger partial charge in [0.2, 0.25) is 0 Å². The number of halogens is 2. The maximum Gasteiger partial charge on any atom is 0.271 e. The summed E-state index contributed by atoms with van der Waals surface area (Å²) in [6.45, 7) is 1.96. The number of nitrogens with one attached hydrogen (secondary N) is 1. The molecule has 0 fully saturated rings. The predicted molar refractivity (Wildman–Crippen MR) is 175 cm³/mol. The van der Waals surface area contributed by atoms with Gasteiger partial charge in [-0.3, -0.25) is 14.2 Å². The summed E-state index contributed by atoms with van der Waals surface area (Å²) < 4.78 is 22.5. The molecule has 0 spiro atoms. The van der Waals surface area contributed by atoms with Gasteiger partial charge in [0.15, 0.2) is 4.80 Å². The number of hydrogen-bond acceptors (Lipinski definition) is 6. The van der Waals surface area contributed by atoms with Crippen molar-refractivity contribution in [3.8, 4) is 11.8 Å². The van der Waals surface area contributed by atoms with Crippen molar-refractivity contribution in [2.24, 2.45) is 4.99 Å². The van der Waals surface area contributed by atoms with Gasteiger partial charge in [-0.1, -0.05) is 65.9 Å². The number of anilines is 1. The Morgan fingerprint density at radius 3 is 2.56 bits per heavy atom.